The van der Waals surface area contributed by atoms with Crippen molar-refractivity contribution in [3.8, 4) is 0 Å². The van der Waals surface area contributed by atoms with E-state index in [1.807, 2.05) is 0 Å². The molecule has 0 spiro atoms. The van der Waals surface area contributed by atoms with Crippen LogP contribution in [-0.4, -0.2) is 36.6 Å². The van der Waals surface area contributed by atoms with Crippen molar-refractivity contribution in [3.05, 3.63) is 0 Å². The summed E-state index contributed by atoms with van der Waals surface area (Å²) in [4.78, 5) is 2.78. The van der Waals surface area contributed by atoms with Gasteiger partial charge in [0, 0.05) is 24.7 Å². The highest BCUT2D eigenvalue weighted by atomic mass is 15.2. The molecule has 2 rings (SSSR count). The van der Waals surface area contributed by atoms with Crippen LogP contribution < -0.4 is 5.32 Å². The zero-order valence-corrected chi connectivity index (χ0v) is 13.1. The SMILES string of the molecule is CNC1(C)CCN(C2CCC(C)(C)CC2C)CC1. The maximum Gasteiger partial charge on any atom is 0.0174 e. The monoisotopic (exact) mass is 252 g/mol. The van der Waals surface area contributed by atoms with Gasteiger partial charge in [0.1, 0.15) is 0 Å². The molecule has 0 aromatic rings. The van der Waals surface area contributed by atoms with Crippen molar-refractivity contribution in [2.24, 2.45) is 11.3 Å². The predicted molar refractivity (Wildman–Crippen MR) is 78.9 cm³/mol. The number of rotatable bonds is 2. The Labute approximate surface area is 114 Å². The molecule has 1 heterocycles. The third-order valence-electron chi connectivity index (χ3n) is 5.62. The van der Waals surface area contributed by atoms with Gasteiger partial charge in [-0.05, 0) is 57.4 Å². The van der Waals surface area contributed by atoms with Crippen molar-refractivity contribution in [2.75, 3.05) is 20.1 Å². The summed E-state index contributed by atoms with van der Waals surface area (Å²) >= 11 is 0. The number of nitrogens with one attached hydrogen (secondary N) is 1. The Morgan fingerprint density at radius 2 is 1.67 bits per heavy atom. The Balaban J connectivity index is 1.90. The molecule has 1 saturated carbocycles. The number of nitrogens with zero attached hydrogens (tertiary/aromatic N) is 1. The van der Waals surface area contributed by atoms with Crippen LogP contribution >= 0.6 is 0 Å². The summed E-state index contributed by atoms with van der Waals surface area (Å²) in [5, 5.41) is 3.50. The molecule has 1 N–H and O–H groups in total. The fourth-order valence-electron chi connectivity index (χ4n) is 4.07. The summed E-state index contributed by atoms with van der Waals surface area (Å²) in [5.74, 6) is 0.868. The Hall–Kier alpha value is -0.0800. The van der Waals surface area contributed by atoms with Gasteiger partial charge in [-0.2, -0.15) is 0 Å². The molecule has 0 aromatic heterocycles. The standard InChI is InChI=1S/C16H32N2/c1-13-12-15(2,3)7-6-14(13)18-10-8-16(4,17-5)9-11-18/h13-14,17H,6-12H2,1-5H3. The quantitative estimate of drug-likeness (QED) is 0.811. The fourth-order valence-corrected chi connectivity index (χ4v) is 4.07. The molecule has 2 aliphatic rings. The summed E-state index contributed by atoms with van der Waals surface area (Å²) in [6.45, 7) is 12.3. The average molecular weight is 252 g/mol. The van der Waals surface area contributed by atoms with Crippen LogP contribution in [0.25, 0.3) is 0 Å². The van der Waals surface area contributed by atoms with E-state index >= 15 is 0 Å². The molecule has 2 fully saturated rings. The molecule has 0 radical (unpaired) electrons. The van der Waals surface area contributed by atoms with Crippen LogP contribution in [0.2, 0.25) is 0 Å². The minimum atomic E-state index is 0.383. The Bertz CT molecular complexity index is 277. The summed E-state index contributed by atoms with van der Waals surface area (Å²) in [6.07, 6.45) is 6.82. The molecule has 2 nitrogen and oxygen atoms in total. The summed E-state index contributed by atoms with van der Waals surface area (Å²) in [6, 6.07) is 0.847. The second kappa shape index (κ2) is 5.13. The van der Waals surface area contributed by atoms with Crippen LogP contribution in [0.15, 0.2) is 0 Å². The van der Waals surface area contributed by atoms with Crippen molar-refractivity contribution < 1.29 is 0 Å². The van der Waals surface area contributed by atoms with Crippen LogP contribution in [0.4, 0.5) is 0 Å². The lowest BCUT2D eigenvalue weighted by Gasteiger charge is -2.48. The predicted octanol–water partition coefficient (Wildman–Crippen LogP) is 3.28. The largest absolute Gasteiger partial charge is 0.314 e. The van der Waals surface area contributed by atoms with Crippen LogP contribution in [-0.2, 0) is 0 Å². The zero-order valence-electron chi connectivity index (χ0n) is 13.1. The maximum atomic E-state index is 3.50. The lowest BCUT2D eigenvalue weighted by Crippen LogP contribution is -2.54. The van der Waals surface area contributed by atoms with Gasteiger partial charge in [-0.1, -0.05) is 20.8 Å². The van der Waals surface area contributed by atoms with Crippen LogP contribution in [0.3, 0.4) is 0 Å². The van der Waals surface area contributed by atoms with Crippen molar-refractivity contribution in [1.29, 1.82) is 0 Å². The molecule has 1 aliphatic carbocycles. The van der Waals surface area contributed by atoms with Gasteiger partial charge in [0.15, 0.2) is 0 Å². The molecule has 2 unspecified atom stereocenters. The first-order valence-corrected chi connectivity index (χ1v) is 7.78. The molecule has 1 saturated heterocycles. The van der Waals surface area contributed by atoms with Gasteiger partial charge in [0.2, 0.25) is 0 Å². The zero-order chi connectivity index (χ0) is 13.4. The second-order valence-electron chi connectivity index (χ2n) is 7.80. The summed E-state index contributed by atoms with van der Waals surface area (Å²) in [7, 11) is 2.11. The van der Waals surface area contributed by atoms with E-state index < -0.39 is 0 Å². The van der Waals surface area contributed by atoms with Crippen molar-refractivity contribution >= 4 is 0 Å². The van der Waals surface area contributed by atoms with Gasteiger partial charge in [-0.25, -0.2) is 0 Å². The summed E-state index contributed by atoms with van der Waals surface area (Å²) in [5.41, 5.74) is 0.957. The van der Waals surface area contributed by atoms with E-state index in [0.717, 1.165) is 12.0 Å². The number of hydrogen-bond acceptors (Lipinski definition) is 2. The van der Waals surface area contributed by atoms with Gasteiger partial charge in [-0.3, -0.25) is 4.90 Å². The third-order valence-corrected chi connectivity index (χ3v) is 5.62. The van der Waals surface area contributed by atoms with Crippen LogP contribution in [0, 0.1) is 11.3 Å². The number of hydrogen-bond donors (Lipinski definition) is 1. The molecule has 18 heavy (non-hydrogen) atoms. The average Bonchev–Trinajstić information content (AvgIpc) is 2.30. The fraction of sp³-hybridized carbons (Fsp3) is 1.00. The molecular formula is C16H32N2. The molecular weight excluding hydrogens is 220 g/mol. The molecule has 2 heteroatoms. The van der Waals surface area contributed by atoms with Crippen molar-refractivity contribution in [3.63, 3.8) is 0 Å². The van der Waals surface area contributed by atoms with E-state index in [1.54, 1.807) is 0 Å². The van der Waals surface area contributed by atoms with Gasteiger partial charge >= 0.3 is 0 Å². The number of likely N-dealkylation sites (tertiary alicyclic amines) is 1. The van der Waals surface area contributed by atoms with Gasteiger partial charge in [0.05, 0.1) is 0 Å². The smallest absolute Gasteiger partial charge is 0.0174 e. The second-order valence-corrected chi connectivity index (χ2v) is 7.80. The summed E-state index contributed by atoms with van der Waals surface area (Å²) < 4.78 is 0. The maximum absolute atomic E-state index is 3.50. The molecule has 0 amide bonds. The minimum absolute atomic E-state index is 0.383. The van der Waals surface area contributed by atoms with Gasteiger partial charge in [-0.15, -0.1) is 0 Å². The first kappa shape index (κ1) is 14.3. The van der Waals surface area contributed by atoms with E-state index in [2.05, 4.69) is 45.0 Å². The Morgan fingerprint density at radius 3 is 2.17 bits per heavy atom. The topological polar surface area (TPSA) is 15.3 Å². The first-order chi connectivity index (χ1) is 8.35. The van der Waals surface area contributed by atoms with Crippen LogP contribution in [0.5, 0.6) is 0 Å². The lowest BCUT2D eigenvalue weighted by atomic mass is 9.69. The molecule has 2 atom stereocenters. The normalized spacial score (nSPS) is 36.5. The van der Waals surface area contributed by atoms with E-state index in [0.29, 0.717) is 11.0 Å². The molecule has 106 valence electrons. The van der Waals surface area contributed by atoms with Crippen molar-refractivity contribution in [2.45, 2.75) is 71.4 Å². The highest BCUT2D eigenvalue weighted by Crippen LogP contribution is 2.41. The highest BCUT2D eigenvalue weighted by molar-refractivity contribution is 4.94. The first-order valence-electron chi connectivity index (χ1n) is 7.78. The van der Waals surface area contributed by atoms with Gasteiger partial charge < -0.3 is 5.32 Å². The Morgan fingerprint density at radius 1 is 1.06 bits per heavy atom. The van der Waals surface area contributed by atoms with Gasteiger partial charge in [0.25, 0.3) is 0 Å². The highest BCUT2D eigenvalue weighted by Gasteiger charge is 2.38. The van der Waals surface area contributed by atoms with E-state index in [4.69, 9.17) is 0 Å². The van der Waals surface area contributed by atoms with E-state index in [9.17, 15) is 0 Å². The Kier molecular flexibility index (Phi) is 4.08. The van der Waals surface area contributed by atoms with E-state index in [1.165, 1.54) is 45.2 Å². The van der Waals surface area contributed by atoms with E-state index in [-0.39, 0.29) is 0 Å². The minimum Gasteiger partial charge on any atom is -0.314 e. The molecule has 0 aromatic carbocycles. The number of piperidine rings is 1. The molecule has 0 bridgehead atoms. The third kappa shape index (κ3) is 3.08. The molecule has 1 aliphatic heterocycles. The van der Waals surface area contributed by atoms with Crippen molar-refractivity contribution in [1.82, 2.24) is 10.2 Å². The van der Waals surface area contributed by atoms with Crippen LogP contribution in [0.1, 0.15) is 59.8 Å². The lowest BCUT2D eigenvalue weighted by molar-refractivity contribution is 0.0303.